The van der Waals surface area contributed by atoms with Gasteiger partial charge in [0.25, 0.3) is 5.91 Å². The molecule has 0 aliphatic carbocycles. The van der Waals surface area contributed by atoms with E-state index in [4.69, 9.17) is 0 Å². The lowest BCUT2D eigenvalue weighted by molar-refractivity contribution is -0.141. The highest BCUT2D eigenvalue weighted by atomic mass is 19.4. The molecule has 0 N–H and O–H groups in total. The van der Waals surface area contributed by atoms with Crippen LogP contribution in [0.3, 0.4) is 0 Å². The van der Waals surface area contributed by atoms with Crippen LogP contribution in [-0.2, 0) is 33.2 Å². The number of aryl methyl sites for hydroxylation is 3. The number of alkyl halides is 3. The van der Waals surface area contributed by atoms with Gasteiger partial charge in [0.05, 0.1) is 29.8 Å². The molecule has 4 aromatic rings. The third kappa shape index (κ3) is 3.07. The lowest BCUT2D eigenvalue weighted by Gasteiger charge is -2.26. The van der Waals surface area contributed by atoms with Crippen molar-refractivity contribution in [3.05, 3.63) is 58.8 Å². The minimum Gasteiger partial charge on any atom is -0.331 e. The number of aromatic nitrogens is 6. The summed E-state index contributed by atoms with van der Waals surface area (Å²) < 4.78 is 44.0. The van der Waals surface area contributed by atoms with Crippen LogP contribution in [0.1, 0.15) is 33.1 Å². The molecule has 0 saturated carbocycles. The first-order chi connectivity index (χ1) is 15.1. The second-order valence-electron chi connectivity index (χ2n) is 7.91. The predicted molar refractivity (Wildman–Crippen MR) is 109 cm³/mol. The number of rotatable bonds is 2. The van der Waals surface area contributed by atoms with Crippen molar-refractivity contribution in [3.63, 3.8) is 0 Å². The molecule has 0 atom stereocenters. The highest BCUT2D eigenvalue weighted by Crippen LogP contribution is 2.34. The molecule has 1 aliphatic rings. The number of hydrogen-bond acceptors (Lipinski definition) is 4. The van der Waals surface area contributed by atoms with Gasteiger partial charge in [-0.1, -0.05) is 6.07 Å². The zero-order valence-electron chi connectivity index (χ0n) is 17.7. The average Bonchev–Trinajstić information content (AvgIpc) is 3.41. The van der Waals surface area contributed by atoms with Gasteiger partial charge in [-0.15, -0.1) is 0 Å². The Hall–Kier alpha value is -3.63. The van der Waals surface area contributed by atoms with Gasteiger partial charge in [-0.2, -0.15) is 23.4 Å². The maximum atomic E-state index is 13.3. The van der Waals surface area contributed by atoms with Gasteiger partial charge in [0.15, 0.2) is 5.69 Å². The number of carbonyl (C=O) groups is 1. The number of fused-ring (bicyclic) bond motifs is 2. The third-order valence-electron chi connectivity index (χ3n) is 5.84. The molecule has 5 heterocycles. The second kappa shape index (κ2) is 6.94. The first-order valence-corrected chi connectivity index (χ1v) is 10.0. The van der Waals surface area contributed by atoms with Crippen LogP contribution in [0, 0.1) is 6.92 Å². The van der Waals surface area contributed by atoms with E-state index in [0.717, 1.165) is 17.3 Å². The molecule has 0 radical (unpaired) electrons. The Morgan fingerprint density at radius 2 is 1.91 bits per heavy atom. The van der Waals surface area contributed by atoms with Crippen molar-refractivity contribution in [1.29, 1.82) is 0 Å². The van der Waals surface area contributed by atoms with Crippen molar-refractivity contribution in [2.24, 2.45) is 14.1 Å². The number of carbonyl (C=O) groups excluding carboxylic acids is 1. The summed E-state index contributed by atoms with van der Waals surface area (Å²) in [5.41, 5.74) is 3.56. The number of pyridine rings is 1. The van der Waals surface area contributed by atoms with Gasteiger partial charge < -0.3 is 4.90 Å². The van der Waals surface area contributed by atoms with Crippen molar-refractivity contribution in [2.75, 3.05) is 6.54 Å². The van der Waals surface area contributed by atoms with E-state index >= 15 is 0 Å². The van der Waals surface area contributed by atoms with Crippen LogP contribution in [0.2, 0.25) is 0 Å². The third-order valence-corrected chi connectivity index (χ3v) is 5.84. The fourth-order valence-electron chi connectivity index (χ4n) is 4.36. The Balaban J connectivity index is 1.48. The topological polar surface area (TPSA) is 73.2 Å². The smallest absolute Gasteiger partial charge is 0.331 e. The molecule has 0 aromatic carbocycles. The van der Waals surface area contributed by atoms with Crippen LogP contribution in [0.25, 0.3) is 17.0 Å². The Morgan fingerprint density at radius 1 is 1.12 bits per heavy atom. The lowest BCUT2D eigenvalue weighted by atomic mass is 10.0. The van der Waals surface area contributed by atoms with E-state index in [1.165, 1.54) is 11.7 Å². The van der Waals surface area contributed by atoms with E-state index in [1.54, 1.807) is 22.8 Å². The quantitative estimate of drug-likeness (QED) is 0.478. The van der Waals surface area contributed by atoms with Gasteiger partial charge in [0.1, 0.15) is 11.3 Å². The molecule has 1 aliphatic heterocycles. The molecule has 8 nitrogen and oxygen atoms in total. The molecule has 0 unspecified atom stereocenters. The molecule has 1 amide bonds. The van der Waals surface area contributed by atoms with E-state index in [0.29, 0.717) is 41.4 Å². The second-order valence-corrected chi connectivity index (χ2v) is 7.91. The van der Waals surface area contributed by atoms with Crippen LogP contribution < -0.4 is 0 Å². The summed E-state index contributed by atoms with van der Waals surface area (Å²) in [7, 11) is 3.17. The first kappa shape index (κ1) is 20.3. The van der Waals surface area contributed by atoms with E-state index in [2.05, 4.69) is 15.2 Å². The van der Waals surface area contributed by atoms with E-state index < -0.39 is 11.9 Å². The van der Waals surface area contributed by atoms with Crippen molar-refractivity contribution < 1.29 is 18.0 Å². The Bertz CT molecular complexity index is 1360. The lowest BCUT2D eigenvalue weighted by Crippen LogP contribution is -2.36. The molecular weight excluding hydrogens is 423 g/mol. The highest BCUT2D eigenvalue weighted by Gasteiger charge is 2.36. The largest absolute Gasteiger partial charge is 0.435 e. The van der Waals surface area contributed by atoms with Crippen LogP contribution in [0.4, 0.5) is 13.2 Å². The van der Waals surface area contributed by atoms with Gasteiger partial charge in [-0.05, 0) is 31.5 Å². The average molecular weight is 443 g/mol. The molecule has 0 spiro atoms. The summed E-state index contributed by atoms with van der Waals surface area (Å²) in [5, 5.41) is 8.13. The minimum absolute atomic E-state index is 0.162. The van der Waals surface area contributed by atoms with Gasteiger partial charge in [-0.25, -0.2) is 4.98 Å². The van der Waals surface area contributed by atoms with Gasteiger partial charge in [0.2, 0.25) is 0 Å². The summed E-state index contributed by atoms with van der Waals surface area (Å²) in [4.78, 5) is 19.3. The van der Waals surface area contributed by atoms with Gasteiger partial charge in [0, 0.05) is 31.9 Å². The predicted octanol–water partition coefficient (Wildman–Crippen LogP) is 2.99. The zero-order chi connectivity index (χ0) is 22.8. The number of amides is 1. The van der Waals surface area contributed by atoms with Crippen LogP contribution in [-0.4, -0.2) is 46.3 Å². The maximum Gasteiger partial charge on any atom is 0.435 e. The number of imidazole rings is 1. The maximum absolute atomic E-state index is 13.3. The molecular formula is C21H20F3N7O. The normalized spacial score (nSPS) is 14.2. The van der Waals surface area contributed by atoms with E-state index in [9.17, 15) is 18.0 Å². The molecule has 5 rings (SSSR count). The Labute approximate surface area is 180 Å². The van der Waals surface area contributed by atoms with Crippen LogP contribution in [0.5, 0.6) is 0 Å². The number of hydrogen-bond donors (Lipinski definition) is 0. The molecule has 0 saturated heterocycles. The number of halogens is 3. The summed E-state index contributed by atoms with van der Waals surface area (Å²) in [6.07, 6.45) is -2.48. The van der Waals surface area contributed by atoms with Crippen LogP contribution in [0.15, 0.2) is 30.5 Å². The van der Waals surface area contributed by atoms with Gasteiger partial charge in [-0.3, -0.25) is 18.6 Å². The summed E-state index contributed by atoms with van der Waals surface area (Å²) >= 11 is 0. The monoisotopic (exact) mass is 443 g/mol. The Morgan fingerprint density at radius 3 is 2.62 bits per heavy atom. The van der Waals surface area contributed by atoms with Crippen LogP contribution >= 0.6 is 0 Å². The molecule has 32 heavy (non-hydrogen) atoms. The fourth-order valence-corrected chi connectivity index (χ4v) is 4.36. The van der Waals surface area contributed by atoms with E-state index in [1.807, 2.05) is 29.5 Å². The summed E-state index contributed by atoms with van der Waals surface area (Å²) in [6, 6.07) is 6.67. The fraction of sp³-hybridized carbons (Fsp3) is 0.333. The molecule has 0 fully saturated rings. The minimum atomic E-state index is -4.52. The molecule has 11 heteroatoms. The highest BCUT2D eigenvalue weighted by molar-refractivity contribution is 5.93. The Kier molecular flexibility index (Phi) is 4.40. The summed E-state index contributed by atoms with van der Waals surface area (Å²) in [5.74, 6) is -0.162. The summed E-state index contributed by atoms with van der Waals surface area (Å²) in [6.45, 7) is 2.60. The molecule has 166 valence electrons. The zero-order valence-corrected chi connectivity index (χ0v) is 17.7. The SMILES string of the molecule is Cc1cccc2ncc(C(=O)N3CCc4c(nn(C)c4-c4cc(C(F)(F)F)nn4C)C3)n12. The standard InChI is InChI=1S/C21H20F3N7O/c1-12-5-4-6-18-25-10-16(31(12)18)20(32)30-8-7-13-14(11-30)26-29(3)19(13)15-9-17(21(22,23)24)27-28(15)2/h4-6,9-10H,7-8,11H2,1-3H3. The van der Waals surface area contributed by atoms with Gasteiger partial charge >= 0.3 is 6.18 Å². The van der Waals surface area contributed by atoms with Crippen molar-refractivity contribution >= 4 is 11.6 Å². The molecule has 4 aromatic heterocycles. The van der Waals surface area contributed by atoms with E-state index in [-0.39, 0.29) is 12.5 Å². The number of nitrogens with zero attached hydrogens (tertiary/aromatic N) is 7. The van der Waals surface area contributed by atoms with Crippen molar-refractivity contribution in [2.45, 2.75) is 26.1 Å². The molecule has 0 bridgehead atoms. The van der Waals surface area contributed by atoms with Crippen molar-refractivity contribution in [1.82, 2.24) is 33.8 Å². The first-order valence-electron chi connectivity index (χ1n) is 10.0. The van der Waals surface area contributed by atoms with Crippen molar-refractivity contribution in [3.8, 4) is 11.4 Å².